The number of halogens is 1. The van der Waals surface area contributed by atoms with E-state index in [2.05, 4.69) is 36.7 Å². The van der Waals surface area contributed by atoms with Crippen LogP contribution in [0, 0.1) is 17.8 Å². The van der Waals surface area contributed by atoms with E-state index in [0.717, 1.165) is 18.8 Å². The van der Waals surface area contributed by atoms with E-state index in [-0.39, 0.29) is 4.83 Å². The smallest absolute Gasteiger partial charge is 0.146 e. The minimum atomic E-state index is 0.0963. The minimum absolute atomic E-state index is 0.0963. The zero-order valence-corrected chi connectivity index (χ0v) is 10.3. The van der Waals surface area contributed by atoms with E-state index in [9.17, 15) is 4.79 Å². The van der Waals surface area contributed by atoms with Crippen LogP contribution in [0.3, 0.4) is 0 Å². The van der Waals surface area contributed by atoms with Crippen molar-refractivity contribution in [1.29, 1.82) is 0 Å². The molecule has 76 valence electrons. The van der Waals surface area contributed by atoms with Crippen molar-refractivity contribution in [1.82, 2.24) is 0 Å². The second-order valence-electron chi connectivity index (χ2n) is 4.29. The number of hydrogen-bond acceptors (Lipinski definition) is 1. The lowest BCUT2D eigenvalue weighted by molar-refractivity contribution is -0.118. The molecule has 1 aliphatic rings. The van der Waals surface area contributed by atoms with Crippen molar-refractivity contribution in [2.24, 2.45) is 17.8 Å². The van der Waals surface area contributed by atoms with Crippen molar-refractivity contribution >= 4 is 21.7 Å². The van der Waals surface area contributed by atoms with Gasteiger partial charge in [0, 0.05) is 6.42 Å². The standard InChI is InChI=1S/C11H19BrO/c1-4-9-5-6-10(13)11(12)8(3)7(9)2/h7-9,11H,4-6H2,1-3H3. The van der Waals surface area contributed by atoms with Gasteiger partial charge in [0.05, 0.1) is 4.83 Å². The van der Waals surface area contributed by atoms with Crippen molar-refractivity contribution in [2.45, 2.75) is 44.9 Å². The van der Waals surface area contributed by atoms with Gasteiger partial charge >= 0.3 is 0 Å². The van der Waals surface area contributed by atoms with Crippen LogP contribution in [-0.2, 0) is 4.79 Å². The summed E-state index contributed by atoms with van der Waals surface area (Å²) in [7, 11) is 0. The third-order valence-electron chi connectivity index (χ3n) is 3.63. The van der Waals surface area contributed by atoms with Crippen LogP contribution >= 0.6 is 15.9 Å². The first kappa shape index (κ1) is 11.2. The second kappa shape index (κ2) is 4.59. The summed E-state index contributed by atoms with van der Waals surface area (Å²) in [5.41, 5.74) is 0. The van der Waals surface area contributed by atoms with Crippen LogP contribution in [-0.4, -0.2) is 10.6 Å². The van der Waals surface area contributed by atoms with E-state index in [1.165, 1.54) is 6.42 Å². The number of rotatable bonds is 1. The fourth-order valence-electron chi connectivity index (χ4n) is 2.29. The van der Waals surface area contributed by atoms with Gasteiger partial charge in [0.25, 0.3) is 0 Å². The first-order valence-electron chi connectivity index (χ1n) is 5.24. The number of alkyl halides is 1. The Morgan fingerprint density at radius 2 is 2.00 bits per heavy atom. The summed E-state index contributed by atoms with van der Waals surface area (Å²) in [5.74, 6) is 2.29. The molecular formula is C11H19BrO. The van der Waals surface area contributed by atoms with E-state index >= 15 is 0 Å². The van der Waals surface area contributed by atoms with Gasteiger partial charge < -0.3 is 0 Å². The van der Waals surface area contributed by atoms with Gasteiger partial charge in [-0.05, 0) is 24.2 Å². The predicted octanol–water partition coefficient (Wildman–Crippen LogP) is 3.41. The van der Waals surface area contributed by atoms with Crippen molar-refractivity contribution in [3.8, 4) is 0 Å². The Balaban J connectivity index is 2.75. The number of carbonyl (C=O) groups is 1. The molecule has 0 amide bonds. The Bertz CT molecular complexity index is 191. The molecule has 4 unspecified atom stereocenters. The summed E-state index contributed by atoms with van der Waals surface area (Å²) in [6.07, 6.45) is 3.06. The minimum Gasteiger partial charge on any atom is -0.298 e. The molecule has 2 heteroatoms. The van der Waals surface area contributed by atoms with Crippen molar-refractivity contribution < 1.29 is 4.79 Å². The molecule has 1 nitrogen and oxygen atoms in total. The maximum absolute atomic E-state index is 11.6. The Morgan fingerprint density at radius 3 is 2.54 bits per heavy atom. The highest BCUT2D eigenvalue weighted by Crippen LogP contribution is 2.36. The average Bonchev–Trinajstić information content (AvgIpc) is 2.22. The molecule has 4 atom stereocenters. The Morgan fingerprint density at radius 1 is 1.38 bits per heavy atom. The fourth-order valence-corrected chi connectivity index (χ4v) is 3.00. The SMILES string of the molecule is CCC1CCC(=O)C(Br)C(C)C1C. The zero-order valence-electron chi connectivity index (χ0n) is 8.72. The zero-order chi connectivity index (χ0) is 10.0. The molecule has 0 aromatic carbocycles. The molecule has 0 N–H and O–H groups in total. The van der Waals surface area contributed by atoms with E-state index in [4.69, 9.17) is 0 Å². The Labute approximate surface area is 89.4 Å². The topological polar surface area (TPSA) is 17.1 Å². The quantitative estimate of drug-likeness (QED) is 0.512. The van der Waals surface area contributed by atoms with Crippen LogP contribution in [0.2, 0.25) is 0 Å². The highest BCUT2D eigenvalue weighted by Gasteiger charge is 2.33. The average molecular weight is 247 g/mol. The summed E-state index contributed by atoms with van der Waals surface area (Å²) in [4.78, 5) is 11.7. The van der Waals surface area contributed by atoms with Gasteiger partial charge in [-0.2, -0.15) is 0 Å². The monoisotopic (exact) mass is 246 g/mol. The fraction of sp³-hybridized carbons (Fsp3) is 0.909. The molecule has 1 aliphatic carbocycles. The van der Waals surface area contributed by atoms with Gasteiger partial charge in [-0.1, -0.05) is 43.1 Å². The van der Waals surface area contributed by atoms with Crippen LogP contribution in [0.5, 0.6) is 0 Å². The predicted molar refractivity (Wildman–Crippen MR) is 59.1 cm³/mol. The Kier molecular flexibility index (Phi) is 3.96. The third-order valence-corrected chi connectivity index (χ3v) is 4.97. The maximum Gasteiger partial charge on any atom is 0.146 e. The lowest BCUT2D eigenvalue weighted by Gasteiger charge is -2.26. The van der Waals surface area contributed by atoms with E-state index < -0.39 is 0 Å². The summed E-state index contributed by atoms with van der Waals surface area (Å²) in [6, 6.07) is 0. The van der Waals surface area contributed by atoms with E-state index in [1.807, 2.05) is 0 Å². The highest BCUT2D eigenvalue weighted by atomic mass is 79.9. The molecule has 0 saturated heterocycles. The molecule has 1 saturated carbocycles. The summed E-state index contributed by atoms with van der Waals surface area (Å²) in [6.45, 7) is 6.70. The lowest BCUT2D eigenvalue weighted by Crippen LogP contribution is -2.25. The number of Topliss-reactive ketones (excluding diaryl/α,β-unsaturated/α-hetero) is 1. The summed E-state index contributed by atoms with van der Waals surface area (Å²) < 4.78 is 0. The number of ketones is 1. The molecule has 0 bridgehead atoms. The first-order chi connectivity index (χ1) is 6.07. The van der Waals surface area contributed by atoms with Gasteiger partial charge in [0.1, 0.15) is 5.78 Å². The Hall–Kier alpha value is 0.150. The van der Waals surface area contributed by atoms with E-state index in [0.29, 0.717) is 17.6 Å². The first-order valence-corrected chi connectivity index (χ1v) is 6.16. The normalized spacial score (nSPS) is 41.7. The maximum atomic E-state index is 11.6. The summed E-state index contributed by atoms with van der Waals surface area (Å²) >= 11 is 3.52. The number of hydrogen-bond donors (Lipinski definition) is 0. The van der Waals surface area contributed by atoms with Crippen LogP contribution in [0.1, 0.15) is 40.0 Å². The third kappa shape index (κ3) is 2.34. The van der Waals surface area contributed by atoms with Crippen molar-refractivity contribution in [2.75, 3.05) is 0 Å². The molecule has 1 fully saturated rings. The molecule has 0 aliphatic heterocycles. The van der Waals surface area contributed by atoms with Crippen molar-refractivity contribution in [3.05, 3.63) is 0 Å². The van der Waals surface area contributed by atoms with Gasteiger partial charge in [0.2, 0.25) is 0 Å². The second-order valence-corrected chi connectivity index (χ2v) is 5.28. The molecule has 0 aromatic rings. The molecule has 0 heterocycles. The molecule has 13 heavy (non-hydrogen) atoms. The van der Waals surface area contributed by atoms with E-state index in [1.54, 1.807) is 0 Å². The van der Waals surface area contributed by atoms with Crippen LogP contribution in [0.4, 0.5) is 0 Å². The van der Waals surface area contributed by atoms with Crippen LogP contribution in [0.15, 0.2) is 0 Å². The van der Waals surface area contributed by atoms with Gasteiger partial charge in [-0.3, -0.25) is 4.79 Å². The van der Waals surface area contributed by atoms with Crippen LogP contribution in [0.25, 0.3) is 0 Å². The van der Waals surface area contributed by atoms with Gasteiger partial charge in [-0.25, -0.2) is 0 Å². The van der Waals surface area contributed by atoms with Crippen molar-refractivity contribution in [3.63, 3.8) is 0 Å². The largest absolute Gasteiger partial charge is 0.298 e. The highest BCUT2D eigenvalue weighted by molar-refractivity contribution is 9.10. The molecule has 0 spiro atoms. The molecule has 1 rings (SSSR count). The van der Waals surface area contributed by atoms with Crippen LogP contribution < -0.4 is 0 Å². The molecule has 0 aromatic heterocycles. The van der Waals surface area contributed by atoms with Gasteiger partial charge in [-0.15, -0.1) is 0 Å². The van der Waals surface area contributed by atoms with Gasteiger partial charge in [0.15, 0.2) is 0 Å². The summed E-state index contributed by atoms with van der Waals surface area (Å²) in [5, 5.41) is 0. The lowest BCUT2D eigenvalue weighted by atomic mass is 9.81. The number of carbonyl (C=O) groups excluding carboxylic acids is 1. The molecule has 0 radical (unpaired) electrons. The molecular weight excluding hydrogens is 228 g/mol.